The smallest absolute Gasteiger partial charge is 0.352 e. The fraction of sp³-hybridized carbons (Fsp3) is 0.364. The van der Waals surface area contributed by atoms with E-state index in [0.29, 0.717) is 17.5 Å². The first-order chi connectivity index (χ1) is 7.54. The van der Waals surface area contributed by atoms with E-state index in [1.807, 2.05) is 0 Å². The van der Waals surface area contributed by atoms with E-state index in [2.05, 4.69) is 0 Å². The normalized spacial score (nSPS) is 19.7. The SMILES string of the molecule is O=CCN1c2ccccc2CC1C(F)(F)F. The van der Waals surface area contributed by atoms with Gasteiger partial charge in [-0.2, -0.15) is 13.2 Å². The largest absolute Gasteiger partial charge is 0.409 e. The molecule has 16 heavy (non-hydrogen) atoms. The highest BCUT2D eigenvalue weighted by atomic mass is 19.4. The molecule has 2 rings (SSSR count). The molecule has 0 fully saturated rings. The van der Waals surface area contributed by atoms with Crippen LogP contribution in [0, 0.1) is 0 Å². The number of halogens is 3. The molecule has 86 valence electrons. The zero-order chi connectivity index (χ0) is 11.8. The third kappa shape index (κ3) is 1.77. The second-order valence-corrected chi connectivity index (χ2v) is 3.71. The van der Waals surface area contributed by atoms with Gasteiger partial charge in [0.25, 0.3) is 0 Å². The van der Waals surface area contributed by atoms with Crippen molar-refractivity contribution in [2.75, 3.05) is 11.4 Å². The molecule has 0 aromatic heterocycles. The number of carbonyl (C=O) groups is 1. The molecule has 0 N–H and O–H groups in total. The van der Waals surface area contributed by atoms with Crippen molar-refractivity contribution >= 4 is 12.0 Å². The van der Waals surface area contributed by atoms with Crippen LogP contribution in [0.1, 0.15) is 5.56 Å². The summed E-state index contributed by atoms with van der Waals surface area (Å²) in [6.07, 6.45) is -3.88. The number of fused-ring (bicyclic) bond motifs is 1. The first kappa shape index (κ1) is 11.0. The number of aldehydes is 1. The maximum Gasteiger partial charge on any atom is 0.409 e. The van der Waals surface area contributed by atoms with Gasteiger partial charge in [-0.05, 0) is 11.6 Å². The second kappa shape index (κ2) is 3.81. The molecule has 0 bridgehead atoms. The van der Waals surface area contributed by atoms with E-state index in [0.717, 1.165) is 4.90 Å². The van der Waals surface area contributed by atoms with Crippen molar-refractivity contribution in [3.05, 3.63) is 29.8 Å². The van der Waals surface area contributed by atoms with Gasteiger partial charge in [0, 0.05) is 12.1 Å². The minimum absolute atomic E-state index is 0.0759. The predicted molar refractivity (Wildman–Crippen MR) is 53.4 cm³/mol. The summed E-state index contributed by atoms with van der Waals surface area (Å²) in [6.45, 7) is -0.221. The van der Waals surface area contributed by atoms with E-state index in [-0.39, 0.29) is 13.0 Å². The quantitative estimate of drug-likeness (QED) is 0.724. The van der Waals surface area contributed by atoms with Crippen LogP contribution in [-0.4, -0.2) is 25.0 Å². The highest BCUT2D eigenvalue weighted by Crippen LogP contribution is 2.38. The van der Waals surface area contributed by atoms with Gasteiger partial charge in [-0.15, -0.1) is 0 Å². The molecule has 2 nitrogen and oxygen atoms in total. The first-order valence-electron chi connectivity index (χ1n) is 4.89. The molecule has 1 unspecified atom stereocenters. The van der Waals surface area contributed by atoms with Crippen molar-refractivity contribution < 1.29 is 18.0 Å². The number of benzene rings is 1. The lowest BCUT2D eigenvalue weighted by molar-refractivity contribution is -0.146. The maximum atomic E-state index is 12.7. The fourth-order valence-corrected chi connectivity index (χ4v) is 2.05. The highest BCUT2D eigenvalue weighted by molar-refractivity contribution is 5.67. The lowest BCUT2D eigenvalue weighted by Gasteiger charge is -2.27. The summed E-state index contributed by atoms with van der Waals surface area (Å²) in [4.78, 5) is 11.5. The van der Waals surface area contributed by atoms with Crippen molar-refractivity contribution in [3.63, 3.8) is 0 Å². The predicted octanol–water partition coefficient (Wildman–Crippen LogP) is 2.18. The van der Waals surface area contributed by atoms with Crippen LogP contribution < -0.4 is 4.90 Å². The Morgan fingerprint density at radius 3 is 2.69 bits per heavy atom. The number of hydrogen-bond donors (Lipinski definition) is 0. The summed E-state index contributed by atoms with van der Waals surface area (Å²) < 4.78 is 38.2. The molecule has 1 heterocycles. The molecule has 0 amide bonds. The van der Waals surface area contributed by atoms with E-state index in [4.69, 9.17) is 0 Å². The maximum absolute atomic E-state index is 12.7. The van der Waals surface area contributed by atoms with Crippen LogP contribution in [0.4, 0.5) is 18.9 Å². The molecule has 1 aromatic carbocycles. The van der Waals surface area contributed by atoms with Crippen molar-refractivity contribution in [2.24, 2.45) is 0 Å². The average Bonchev–Trinajstić information content (AvgIpc) is 2.58. The van der Waals surface area contributed by atoms with E-state index in [1.165, 1.54) is 0 Å². The number of para-hydroxylation sites is 1. The van der Waals surface area contributed by atoms with Gasteiger partial charge in [0.1, 0.15) is 12.3 Å². The summed E-state index contributed by atoms with van der Waals surface area (Å²) in [5.41, 5.74) is 1.16. The van der Waals surface area contributed by atoms with Crippen LogP contribution in [-0.2, 0) is 11.2 Å². The third-order valence-electron chi connectivity index (χ3n) is 2.74. The minimum Gasteiger partial charge on any atom is -0.352 e. The monoisotopic (exact) mass is 229 g/mol. The van der Waals surface area contributed by atoms with E-state index < -0.39 is 12.2 Å². The van der Waals surface area contributed by atoms with Crippen LogP contribution >= 0.6 is 0 Å². The highest BCUT2D eigenvalue weighted by Gasteiger charge is 2.47. The standard InChI is InChI=1S/C11H10F3NO/c12-11(13,14)10-7-8-3-1-2-4-9(8)15(10)5-6-16/h1-4,6,10H,5,7H2. The number of rotatable bonds is 2. The molecule has 1 aromatic rings. The molecular weight excluding hydrogens is 219 g/mol. The van der Waals surface area contributed by atoms with Crippen molar-refractivity contribution in [1.82, 2.24) is 0 Å². The lowest BCUT2D eigenvalue weighted by atomic mass is 10.1. The van der Waals surface area contributed by atoms with Crippen molar-refractivity contribution in [1.29, 1.82) is 0 Å². The van der Waals surface area contributed by atoms with Gasteiger partial charge in [0.2, 0.25) is 0 Å². The van der Waals surface area contributed by atoms with Gasteiger partial charge in [0.05, 0.1) is 6.54 Å². The second-order valence-electron chi connectivity index (χ2n) is 3.71. The van der Waals surface area contributed by atoms with Gasteiger partial charge in [-0.25, -0.2) is 0 Å². The first-order valence-corrected chi connectivity index (χ1v) is 4.89. The summed E-state index contributed by atoms with van der Waals surface area (Å²) in [5, 5.41) is 0. The Hall–Kier alpha value is -1.52. The molecule has 0 saturated heterocycles. The van der Waals surface area contributed by atoms with Crippen LogP contribution in [0.15, 0.2) is 24.3 Å². The van der Waals surface area contributed by atoms with Crippen molar-refractivity contribution in [3.8, 4) is 0 Å². The van der Waals surface area contributed by atoms with Crippen LogP contribution in [0.25, 0.3) is 0 Å². The third-order valence-corrected chi connectivity index (χ3v) is 2.74. The zero-order valence-corrected chi connectivity index (χ0v) is 8.37. The summed E-state index contributed by atoms with van der Waals surface area (Å²) in [7, 11) is 0. The number of carbonyl (C=O) groups excluding carboxylic acids is 1. The Morgan fingerprint density at radius 2 is 2.06 bits per heavy atom. The Labute approximate surface area is 90.7 Å². The molecule has 0 spiro atoms. The lowest BCUT2D eigenvalue weighted by Crippen LogP contribution is -2.44. The van der Waals surface area contributed by atoms with Gasteiger partial charge < -0.3 is 9.69 Å². The minimum atomic E-state index is -4.30. The molecule has 0 radical (unpaired) electrons. The number of hydrogen-bond acceptors (Lipinski definition) is 2. The molecule has 1 aliphatic rings. The zero-order valence-electron chi connectivity index (χ0n) is 8.37. The van der Waals surface area contributed by atoms with Gasteiger partial charge in [-0.3, -0.25) is 0 Å². The van der Waals surface area contributed by atoms with Gasteiger partial charge >= 0.3 is 6.18 Å². The molecule has 5 heteroatoms. The van der Waals surface area contributed by atoms with E-state index in [9.17, 15) is 18.0 Å². The van der Waals surface area contributed by atoms with Crippen LogP contribution in [0.3, 0.4) is 0 Å². The van der Waals surface area contributed by atoms with Crippen LogP contribution in [0.2, 0.25) is 0 Å². The molecule has 1 aliphatic heterocycles. The Balaban J connectivity index is 2.37. The molecule has 0 saturated carbocycles. The van der Waals surface area contributed by atoms with Crippen LogP contribution in [0.5, 0.6) is 0 Å². The van der Waals surface area contributed by atoms with E-state index >= 15 is 0 Å². The molecular formula is C11H10F3NO. The van der Waals surface area contributed by atoms with Gasteiger partial charge in [0.15, 0.2) is 0 Å². The summed E-state index contributed by atoms with van der Waals surface area (Å²) >= 11 is 0. The summed E-state index contributed by atoms with van der Waals surface area (Å²) in [5.74, 6) is 0. The number of anilines is 1. The fourth-order valence-electron chi connectivity index (χ4n) is 2.05. The van der Waals surface area contributed by atoms with E-state index in [1.54, 1.807) is 24.3 Å². The Morgan fingerprint density at radius 1 is 1.38 bits per heavy atom. The average molecular weight is 229 g/mol. The topological polar surface area (TPSA) is 20.3 Å². The summed E-state index contributed by atoms with van der Waals surface area (Å²) in [6, 6.07) is 5.09. The van der Waals surface area contributed by atoms with Crippen molar-refractivity contribution in [2.45, 2.75) is 18.6 Å². The number of alkyl halides is 3. The Bertz CT molecular complexity index is 402. The Kier molecular flexibility index (Phi) is 2.61. The molecule has 1 atom stereocenters. The van der Waals surface area contributed by atoms with Gasteiger partial charge in [-0.1, -0.05) is 18.2 Å². The number of nitrogens with zero attached hydrogens (tertiary/aromatic N) is 1. The molecule has 0 aliphatic carbocycles.